The summed E-state index contributed by atoms with van der Waals surface area (Å²) in [5.74, 6) is -2.23. The lowest BCUT2D eigenvalue weighted by Crippen LogP contribution is -2.44. The van der Waals surface area contributed by atoms with Crippen LogP contribution in [0.5, 0.6) is 0 Å². The van der Waals surface area contributed by atoms with E-state index < -0.39 is 30.3 Å². The van der Waals surface area contributed by atoms with Gasteiger partial charge < -0.3 is 5.32 Å². The van der Waals surface area contributed by atoms with Crippen molar-refractivity contribution in [2.45, 2.75) is 44.2 Å². The molecule has 7 heteroatoms. The first kappa shape index (κ1) is 20.8. The molecule has 0 aromatic heterocycles. The van der Waals surface area contributed by atoms with Crippen molar-refractivity contribution in [3.05, 3.63) is 71.8 Å². The first-order valence-electron chi connectivity index (χ1n) is 10.6. The molecule has 1 atom stereocenters. The standard InChI is InChI=1S/C24H25N3O4/c28-21(16-26-22(29)23(30)27(24(26)31)19-13-7-8-14-19)25-20(18-11-5-2-6-12-18)15-17-9-3-1-4-10-17/h1-6,9-12,19-20H,7-8,13-16H2,(H,25,28)/t20-/m1/s1. The van der Waals surface area contributed by atoms with E-state index in [1.807, 2.05) is 60.7 Å². The molecule has 1 saturated heterocycles. The van der Waals surface area contributed by atoms with Gasteiger partial charge in [0.2, 0.25) is 5.91 Å². The molecule has 0 radical (unpaired) electrons. The summed E-state index contributed by atoms with van der Waals surface area (Å²) < 4.78 is 0. The Hall–Kier alpha value is -3.48. The minimum atomic E-state index is -0.925. The van der Waals surface area contributed by atoms with Crippen LogP contribution in [-0.2, 0) is 20.8 Å². The van der Waals surface area contributed by atoms with Crippen molar-refractivity contribution in [1.82, 2.24) is 15.1 Å². The van der Waals surface area contributed by atoms with Crippen molar-refractivity contribution in [2.75, 3.05) is 6.54 Å². The Morgan fingerprint density at radius 1 is 0.903 bits per heavy atom. The Balaban J connectivity index is 1.46. The van der Waals surface area contributed by atoms with Crippen LogP contribution < -0.4 is 5.32 Å². The maximum Gasteiger partial charge on any atom is 0.334 e. The Morgan fingerprint density at radius 2 is 1.52 bits per heavy atom. The fourth-order valence-electron chi connectivity index (χ4n) is 4.32. The lowest BCUT2D eigenvalue weighted by Gasteiger charge is -2.22. The van der Waals surface area contributed by atoms with Crippen LogP contribution in [0.4, 0.5) is 4.79 Å². The number of urea groups is 1. The van der Waals surface area contributed by atoms with Crippen LogP contribution in [-0.4, -0.2) is 46.1 Å². The summed E-state index contributed by atoms with van der Waals surface area (Å²) in [5, 5.41) is 2.93. The molecule has 2 aliphatic rings. The van der Waals surface area contributed by atoms with Gasteiger partial charge >= 0.3 is 17.8 Å². The molecule has 0 bridgehead atoms. The normalized spacial score (nSPS) is 18.0. The third kappa shape index (κ3) is 4.50. The molecule has 0 spiro atoms. The van der Waals surface area contributed by atoms with E-state index in [0.29, 0.717) is 19.3 Å². The van der Waals surface area contributed by atoms with Crippen molar-refractivity contribution in [2.24, 2.45) is 0 Å². The molecule has 2 aromatic carbocycles. The molecule has 1 heterocycles. The quantitative estimate of drug-likeness (QED) is 0.552. The van der Waals surface area contributed by atoms with E-state index in [0.717, 1.165) is 33.8 Å². The zero-order valence-electron chi connectivity index (χ0n) is 17.2. The molecule has 1 aliphatic carbocycles. The van der Waals surface area contributed by atoms with E-state index in [9.17, 15) is 19.2 Å². The van der Waals surface area contributed by atoms with Crippen molar-refractivity contribution in [3.63, 3.8) is 0 Å². The summed E-state index contributed by atoms with van der Waals surface area (Å²) in [6.07, 6.45) is 3.82. The Kier molecular flexibility index (Phi) is 6.11. The molecule has 2 aromatic rings. The molecular weight excluding hydrogens is 394 g/mol. The van der Waals surface area contributed by atoms with E-state index in [4.69, 9.17) is 0 Å². The number of imide groups is 2. The van der Waals surface area contributed by atoms with Crippen LogP contribution in [0.2, 0.25) is 0 Å². The fourth-order valence-corrected chi connectivity index (χ4v) is 4.32. The second kappa shape index (κ2) is 9.12. The van der Waals surface area contributed by atoms with E-state index in [1.54, 1.807) is 0 Å². The smallest absolute Gasteiger partial charge is 0.334 e. The van der Waals surface area contributed by atoms with Gasteiger partial charge in [-0.15, -0.1) is 0 Å². The minimum absolute atomic E-state index is 0.243. The molecule has 0 unspecified atom stereocenters. The van der Waals surface area contributed by atoms with Gasteiger partial charge in [-0.2, -0.15) is 0 Å². The van der Waals surface area contributed by atoms with Crippen molar-refractivity contribution < 1.29 is 19.2 Å². The second-order valence-corrected chi connectivity index (χ2v) is 8.01. The topological polar surface area (TPSA) is 86.8 Å². The molecule has 1 aliphatic heterocycles. The Labute approximate surface area is 181 Å². The van der Waals surface area contributed by atoms with E-state index in [1.165, 1.54) is 0 Å². The van der Waals surface area contributed by atoms with Gasteiger partial charge in [0, 0.05) is 6.04 Å². The molecular formula is C24H25N3O4. The van der Waals surface area contributed by atoms with Crippen LogP contribution in [0, 0.1) is 0 Å². The van der Waals surface area contributed by atoms with E-state index >= 15 is 0 Å². The van der Waals surface area contributed by atoms with Gasteiger partial charge in [0.1, 0.15) is 6.54 Å². The van der Waals surface area contributed by atoms with Crippen molar-refractivity contribution in [3.8, 4) is 0 Å². The lowest BCUT2D eigenvalue weighted by molar-refractivity contribution is -0.144. The van der Waals surface area contributed by atoms with Crippen LogP contribution in [0.25, 0.3) is 0 Å². The molecule has 160 valence electrons. The van der Waals surface area contributed by atoms with Gasteiger partial charge in [-0.05, 0) is 30.4 Å². The molecule has 31 heavy (non-hydrogen) atoms. The summed E-state index contributed by atoms with van der Waals surface area (Å²) in [6.45, 7) is -0.468. The Bertz CT molecular complexity index is 971. The number of hydrogen-bond acceptors (Lipinski definition) is 4. The molecule has 1 N–H and O–H groups in total. The number of carbonyl (C=O) groups is 4. The highest BCUT2D eigenvalue weighted by atomic mass is 16.2. The zero-order chi connectivity index (χ0) is 21.8. The highest BCUT2D eigenvalue weighted by Gasteiger charge is 2.48. The summed E-state index contributed by atoms with van der Waals surface area (Å²) >= 11 is 0. The summed E-state index contributed by atoms with van der Waals surface area (Å²) in [4.78, 5) is 52.1. The van der Waals surface area contributed by atoms with Gasteiger partial charge in [0.25, 0.3) is 0 Å². The number of nitrogens with zero attached hydrogens (tertiary/aromatic N) is 2. The lowest BCUT2D eigenvalue weighted by atomic mass is 9.99. The van der Waals surface area contributed by atoms with Crippen LogP contribution in [0.3, 0.4) is 0 Å². The van der Waals surface area contributed by atoms with Crippen LogP contribution in [0.1, 0.15) is 42.9 Å². The molecule has 1 saturated carbocycles. The minimum Gasteiger partial charge on any atom is -0.347 e. The largest absolute Gasteiger partial charge is 0.347 e. The van der Waals surface area contributed by atoms with E-state index in [-0.39, 0.29) is 12.1 Å². The van der Waals surface area contributed by atoms with Crippen LogP contribution >= 0.6 is 0 Å². The summed E-state index contributed by atoms with van der Waals surface area (Å²) in [7, 11) is 0. The van der Waals surface area contributed by atoms with Gasteiger partial charge in [-0.1, -0.05) is 73.5 Å². The van der Waals surface area contributed by atoms with E-state index in [2.05, 4.69) is 5.32 Å². The fraction of sp³-hybridized carbons (Fsp3) is 0.333. The van der Waals surface area contributed by atoms with Crippen LogP contribution in [0.15, 0.2) is 60.7 Å². The summed E-state index contributed by atoms with van der Waals surface area (Å²) in [6, 6.07) is 18.0. The van der Waals surface area contributed by atoms with Crippen molar-refractivity contribution in [1.29, 1.82) is 0 Å². The maximum atomic E-state index is 12.8. The van der Waals surface area contributed by atoms with Gasteiger partial charge in [-0.25, -0.2) is 9.69 Å². The third-order valence-corrected chi connectivity index (χ3v) is 5.90. The number of benzene rings is 2. The second-order valence-electron chi connectivity index (χ2n) is 8.01. The molecule has 4 rings (SSSR count). The van der Waals surface area contributed by atoms with Gasteiger partial charge in [0.15, 0.2) is 0 Å². The zero-order valence-corrected chi connectivity index (χ0v) is 17.2. The molecule has 7 nitrogen and oxygen atoms in total. The highest BCUT2D eigenvalue weighted by molar-refractivity contribution is 6.45. The maximum absolute atomic E-state index is 12.8. The molecule has 2 fully saturated rings. The first-order valence-corrected chi connectivity index (χ1v) is 10.6. The highest BCUT2D eigenvalue weighted by Crippen LogP contribution is 2.27. The Morgan fingerprint density at radius 3 is 2.16 bits per heavy atom. The predicted octanol–water partition coefficient (Wildman–Crippen LogP) is 2.82. The van der Waals surface area contributed by atoms with Crippen molar-refractivity contribution >= 4 is 23.8 Å². The summed E-state index contributed by atoms with van der Waals surface area (Å²) in [5.41, 5.74) is 1.97. The number of hydrogen-bond donors (Lipinski definition) is 1. The number of amides is 5. The predicted molar refractivity (Wildman–Crippen MR) is 114 cm³/mol. The number of nitrogens with one attached hydrogen (secondary N) is 1. The SMILES string of the molecule is O=C(CN1C(=O)C(=O)N(C2CCCC2)C1=O)N[C@H](Cc1ccccc1)c1ccccc1. The number of rotatable bonds is 7. The first-order chi connectivity index (χ1) is 15.0. The average Bonchev–Trinajstić information content (AvgIpc) is 3.38. The molecule has 5 amide bonds. The third-order valence-electron chi connectivity index (χ3n) is 5.90. The monoisotopic (exact) mass is 419 g/mol. The number of carbonyl (C=O) groups excluding carboxylic acids is 4. The average molecular weight is 419 g/mol. The van der Waals surface area contributed by atoms with Gasteiger partial charge in [-0.3, -0.25) is 19.3 Å². The van der Waals surface area contributed by atoms with Gasteiger partial charge in [0.05, 0.1) is 6.04 Å².